The Labute approximate surface area is 136 Å². The molecule has 0 spiro atoms. The van der Waals surface area contributed by atoms with E-state index >= 15 is 0 Å². The Balaban J connectivity index is 1.87. The summed E-state index contributed by atoms with van der Waals surface area (Å²) in [5.41, 5.74) is 2.21. The molecular weight excluding hydrogens is 417 g/mol. The number of nitrogens with one attached hydrogen (secondary N) is 1. The topological polar surface area (TPSA) is 29.1 Å². The molecule has 2 rings (SSSR count). The van der Waals surface area contributed by atoms with Gasteiger partial charge >= 0.3 is 0 Å². The molecular formula is C15H17BrINO. The monoisotopic (exact) mass is 433 g/mol. The summed E-state index contributed by atoms with van der Waals surface area (Å²) in [5, 5.41) is 3.00. The van der Waals surface area contributed by atoms with Crippen molar-refractivity contribution >= 4 is 44.4 Å². The van der Waals surface area contributed by atoms with Crippen molar-refractivity contribution in [1.29, 1.82) is 0 Å². The molecule has 0 bridgehead atoms. The molecule has 1 aromatic rings. The lowest BCUT2D eigenvalue weighted by Gasteiger charge is -2.13. The van der Waals surface area contributed by atoms with Gasteiger partial charge in [-0.05, 0) is 88.8 Å². The molecule has 0 fully saturated rings. The Hall–Kier alpha value is -0.360. The maximum absolute atomic E-state index is 12.1. The molecule has 2 nitrogen and oxygen atoms in total. The summed E-state index contributed by atoms with van der Waals surface area (Å²) in [7, 11) is 0. The van der Waals surface area contributed by atoms with E-state index in [0.29, 0.717) is 5.56 Å². The number of carbonyl (C=O) groups excluding carboxylic acids is 1. The minimum atomic E-state index is 0.00167. The predicted molar refractivity (Wildman–Crippen MR) is 90.4 cm³/mol. The second kappa shape index (κ2) is 7.43. The van der Waals surface area contributed by atoms with Crippen LogP contribution in [0.25, 0.3) is 0 Å². The van der Waals surface area contributed by atoms with E-state index in [9.17, 15) is 4.79 Å². The number of halogens is 2. The molecule has 1 amide bonds. The third-order valence-corrected chi connectivity index (χ3v) is 4.65. The number of carbonyl (C=O) groups is 1. The van der Waals surface area contributed by atoms with Crippen molar-refractivity contribution in [3.8, 4) is 0 Å². The van der Waals surface area contributed by atoms with Gasteiger partial charge in [-0.2, -0.15) is 0 Å². The number of hydrogen-bond donors (Lipinski definition) is 1. The normalized spacial score (nSPS) is 14.9. The molecule has 0 unspecified atom stereocenters. The van der Waals surface area contributed by atoms with E-state index in [1.165, 1.54) is 31.3 Å². The highest BCUT2D eigenvalue weighted by atomic mass is 127. The van der Waals surface area contributed by atoms with Crippen molar-refractivity contribution in [3.63, 3.8) is 0 Å². The zero-order chi connectivity index (χ0) is 13.7. The zero-order valence-electron chi connectivity index (χ0n) is 10.7. The van der Waals surface area contributed by atoms with Gasteiger partial charge in [0.15, 0.2) is 0 Å². The average Bonchev–Trinajstić information content (AvgIpc) is 2.42. The average molecular weight is 434 g/mol. The Morgan fingerprint density at radius 3 is 2.95 bits per heavy atom. The summed E-state index contributed by atoms with van der Waals surface area (Å²) in [5.74, 6) is 0.00167. The molecule has 1 N–H and O–H groups in total. The van der Waals surface area contributed by atoms with Crippen LogP contribution in [0.5, 0.6) is 0 Å². The summed E-state index contributed by atoms with van der Waals surface area (Å²) in [4.78, 5) is 12.1. The maximum Gasteiger partial charge on any atom is 0.252 e. The van der Waals surface area contributed by atoms with Crippen LogP contribution >= 0.6 is 38.5 Å². The van der Waals surface area contributed by atoms with Crippen LogP contribution in [0, 0.1) is 3.57 Å². The number of hydrogen-bond acceptors (Lipinski definition) is 1. The number of allylic oxidation sites excluding steroid dienone is 1. The van der Waals surface area contributed by atoms with Gasteiger partial charge < -0.3 is 5.32 Å². The van der Waals surface area contributed by atoms with Crippen LogP contribution in [0.2, 0.25) is 0 Å². The summed E-state index contributed by atoms with van der Waals surface area (Å²) >= 11 is 5.64. The first-order valence-corrected chi connectivity index (χ1v) is 8.45. The highest BCUT2D eigenvalue weighted by molar-refractivity contribution is 14.1. The van der Waals surface area contributed by atoms with Crippen LogP contribution < -0.4 is 5.32 Å². The van der Waals surface area contributed by atoms with E-state index in [1.807, 2.05) is 18.2 Å². The number of amides is 1. The molecule has 1 aliphatic rings. The molecule has 19 heavy (non-hydrogen) atoms. The van der Waals surface area contributed by atoms with Gasteiger partial charge in [-0.25, -0.2) is 0 Å². The van der Waals surface area contributed by atoms with E-state index in [4.69, 9.17) is 0 Å². The SMILES string of the molecule is O=C(NCCC1=CCCCC1)c1cc(I)ccc1Br. The van der Waals surface area contributed by atoms with Crippen LogP contribution in [0.3, 0.4) is 0 Å². The fourth-order valence-electron chi connectivity index (χ4n) is 2.24. The minimum absolute atomic E-state index is 0.00167. The van der Waals surface area contributed by atoms with E-state index in [0.717, 1.165) is 21.0 Å². The van der Waals surface area contributed by atoms with E-state index < -0.39 is 0 Å². The quantitative estimate of drug-likeness (QED) is 0.542. The zero-order valence-corrected chi connectivity index (χ0v) is 14.5. The lowest BCUT2D eigenvalue weighted by atomic mass is 9.97. The Bertz CT molecular complexity index is 499. The van der Waals surface area contributed by atoms with Crippen molar-refractivity contribution in [2.24, 2.45) is 0 Å². The Morgan fingerprint density at radius 1 is 1.37 bits per heavy atom. The maximum atomic E-state index is 12.1. The first-order chi connectivity index (χ1) is 9.16. The van der Waals surface area contributed by atoms with E-state index in [2.05, 4.69) is 49.9 Å². The molecule has 0 radical (unpaired) electrons. The number of benzene rings is 1. The molecule has 0 atom stereocenters. The first kappa shape index (κ1) is 15.0. The predicted octanol–water partition coefficient (Wildman–Crippen LogP) is 4.67. The van der Waals surface area contributed by atoms with Gasteiger partial charge in [0.1, 0.15) is 0 Å². The van der Waals surface area contributed by atoms with Crippen molar-refractivity contribution in [2.75, 3.05) is 6.54 Å². The molecule has 0 saturated carbocycles. The summed E-state index contributed by atoms with van der Waals surface area (Å²) in [6.45, 7) is 0.725. The molecule has 0 saturated heterocycles. The number of rotatable bonds is 4. The van der Waals surface area contributed by atoms with Gasteiger partial charge in [0.25, 0.3) is 5.91 Å². The fourth-order valence-corrected chi connectivity index (χ4v) is 3.15. The molecule has 0 aromatic heterocycles. The fraction of sp³-hybridized carbons (Fsp3) is 0.400. The molecule has 102 valence electrons. The third-order valence-electron chi connectivity index (χ3n) is 3.29. The van der Waals surface area contributed by atoms with E-state index in [1.54, 1.807) is 0 Å². The standard InChI is InChI=1S/C15H17BrINO/c16-14-7-6-12(17)10-13(14)15(19)18-9-8-11-4-2-1-3-5-11/h4,6-7,10H,1-3,5,8-9H2,(H,18,19). The van der Waals surface area contributed by atoms with Gasteiger partial charge in [0.05, 0.1) is 5.56 Å². The highest BCUT2D eigenvalue weighted by Gasteiger charge is 2.10. The third kappa shape index (κ3) is 4.60. The second-order valence-electron chi connectivity index (χ2n) is 4.74. The summed E-state index contributed by atoms with van der Waals surface area (Å²) < 4.78 is 1.92. The Kier molecular flexibility index (Phi) is 5.88. The van der Waals surface area contributed by atoms with Crippen LogP contribution in [-0.4, -0.2) is 12.5 Å². The van der Waals surface area contributed by atoms with Crippen LogP contribution in [0.15, 0.2) is 34.3 Å². The van der Waals surface area contributed by atoms with Crippen LogP contribution in [0.1, 0.15) is 42.5 Å². The van der Waals surface area contributed by atoms with Crippen LogP contribution in [0.4, 0.5) is 0 Å². The van der Waals surface area contributed by atoms with E-state index in [-0.39, 0.29) is 5.91 Å². The Morgan fingerprint density at radius 2 is 2.21 bits per heavy atom. The van der Waals surface area contributed by atoms with Gasteiger partial charge in [-0.1, -0.05) is 11.6 Å². The molecule has 4 heteroatoms. The minimum Gasteiger partial charge on any atom is -0.352 e. The summed E-state index contributed by atoms with van der Waals surface area (Å²) in [6.07, 6.45) is 8.31. The van der Waals surface area contributed by atoms with Gasteiger partial charge in [0.2, 0.25) is 0 Å². The lowest BCUT2D eigenvalue weighted by Crippen LogP contribution is -2.25. The smallest absolute Gasteiger partial charge is 0.252 e. The van der Waals surface area contributed by atoms with Gasteiger partial charge in [0, 0.05) is 14.6 Å². The molecule has 1 aromatic carbocycles. The van der Waals surface area contributed by atoms with Crippen molar-refractivity contribution in [1.82, 2.24) is 5.32 Å². The summed E-state index contributed by atoms with van der Waals surface area (Å²) in [6, 6.07) is 5.80. The first-order valence-electron chi connectivity index (χ1n) is 6.58. The molecule has 1 aliphatic carbocycles. The largest absolute Gasteiger partial charge is 0.352 e. The molecule has 0 heterocycles. The second-order valence-corrected chi connectivity index (χ2v) is 6.84. The van der Waals surface area contributed by atoms with Crippen molar-refractivity contribution in [3.05, 3.63) is 43.5 Å². The lowest BCUT2D eigenvalue weighted by molar-refractivity contribution is 0.0953. The van der Waals surface area contributed by atoms with Crippen molar-refractivity contribution < 1.29 is 4.79 Å². The van der Waals surface area contributed by atoms with Gasteiger partial charge in [-0.15, -0.1) is 0 Å². The highest BCUT2D eigenvalue weighted by Crippen LogP contribution is 2.21. The van der Waals surface area contributed by atoms with Crippen molar-refractivity contribution in [2.45, 2.75) is 32.1 Å². The van der Waals surface area contributed by atoms with Crippen LogP contribution in [-0.2, 0) is 0 Å². The van der Waals surface area contributed by atoms with Gasteiger partial charge in [-0.3, -0.25) is 4.79 Å². The molecule has 0 aliphatic heterocycles.